The van der Waals surface area contributed by atoms with Crippen molar-refractivity contribution in [1.29, 1.82) is 0 Å². The third-order valence-corrected chi connectivity index (χ3v) is 4.29. The summed E-state index contributed by atoms with van der Waals surface area (Å²) in [6.45, 7) is 5.07. The number of ether oxygens (including phenoxy) is 1. The van der Waals surface area contributed by atoms with Crippen LogP contribution in [0.25, 0.3) is 0 Å². The molecule has 1 fully saturated rings. The predicted molar refractivity (Wildman–Crippen MR) is 82.1 cm³/mol. The quantitative estimate of drug-likeness (QED) is 0.774. The normalized spacial score (nSPS) is 20.6. The molecule has 1 saturated heterocycles. The van der Waals surface area contributed by atoms with Gasteiger partial charge >= 0.3 is 0 Å². The summed E-state index contributed by atoms with van der Waals surface area (Å²) in [6, 6.07) is 8.52. The summed E-state index contributed by atoms with van der Waals surface area (Å²) in [5.74, 6) is 0.370. The Balaban J connectivity index is 2.00. The number of rotatable bonds is 6. The Hall–Kier alpha value is -1.15. The van der Waals surface area contributed by atoms with E-state index in [4.69, 9.17) is 4.74 Å². The minimum absolute atomic E-state index is 0.0337. The van der Waals surface area contributed by atoms with Crippen molar-refractivity contribution in [2.45, 2.75) is 64.4 Å². The molecule has 110 valence electrons. The number of Topliss-reactive ketones (excluding diaryl/α,β-unsaturated/α-hetero) is 1. The van der Waals surface area contributed by atoms with E-state index in [-0.39, 0.29) is 12.0 Å². The molecule has 2 rings (SSSR count). The lowest BCUT2D eigenvalue weighted by molar-refractivity contribution is -0.124. The minimum Gasteiger partial charge on any atom is -0.378 e. The summed E-state index contributed by atoms with van der Waals surface area (Å²) in [4.78, 5) is 12.5. The highest BCUT2D eigenvalue weighted by Gasteiger charge is 2.24. The van der Waals surface area contributed by atoms with E-state index < -0.39 is 0 Å². The van der Waals surface area contributed by atoms with Gasteiger partial charge in [-0.1, -0.05) is 38.1 Å². The maximum atomic E-state index is 12.5. The first-order chi connectivity index (χ1) is 9.74. The van der Waals surface area contributed by atoms with Crippen molar-refractivity contribution in [3.8, 4) is 0 Å². The van der Waals surface area contributed by atoms with Gasteiger partial charge in [0.05, 0.1) is 6.10 Å². The van der Waals surface area contributed by atoms with Gasteiger partial charge in [-0.2, -0.15) is 0 Å². The molecule has 1 aliphatic rings. The number of hydrogen-bond donors (Lipinski definition) is 0. The van der Waals surface area contributed by atoms with Gasteiger partial charge in [0.2, 0.25) is 0 Å². The summed E-state index contributed by atoms with van der Waals surface area (Å²) >= 11 is 0. The maximum Gasteiger partial charge on any atom is 0.142 e. The summed E-state index contributed by atoms with van der Waals surface area (Å²) in [7, 11) is 0. The van der Waals surface area contributed by atoms with Gasteiger partial charge < -0.3 is 4.74 Å². The standard InChI is InChI=1S/C18H26O2/c1-3-14-8-10-15(11-9-14)17(4-2)18(19)13-16-7-5-6-12-20-16/h8-11,16-17H,3-7,12-13H2,1-2H3. The van der Waals surface area contributed by atoms with Crippen molar-refractivity contribution in [3.63, 3.8) is 0 Å². The first kappa shape index (κ1) is 15.2. The second-order valence-electron chi connectivity index (χ2n) is 5.71. The van der Waals surface area contributed by atoms with Gasteiger partial charge in [0, 0.05) is 18.9 Å². The van der Waals surface area contributed by atoms with E-state index in [1.807, 2.05) is 0 Å². The maximum absolute atomic E-state index is 12.5. The molecule has 0 aromatic heterocycles. The molecule has 20 heavy (non-hydrogen) atoms. The molecule has 1 aromatic carbocycles. The third kappa shape index (κ3) is 3.92. The highest BCUT2D eigenvalue weighted by Crippen LogP contribution is 2.25. The molecule has 0 bridgehead atoms. The van der Waals surface area contributed by atoms with Crippen molar-refractivity contribution >= 4 is 5.78 Å². The molecule has 2 unspecified atom stereocenters. The van der Waals surface area contributed by atoms with Crippen LogP contribution >= 0.6 is 0 Å². The first-order valence-corrected chi connectivity index (χ1v) is 7.97. The Morgan fingerprint density at radius 3 is 2.55 bits per heavy atom. The second kappa shape index (κ2) is 7.58. The van der Waals surface area contributed by atoms with E-state index in [1.54, 1.807) is 0 Å². The predicted octanol–water partition coefficient (Wildman–Crippen LogP) is 4.27. The number of benzene rings is 1. The van der Waals surface area contributed by atoms with Crippen LogP contribution in [-0.2, 0) is 16.0 Å². The monoisotopic (exact) mass is 274 g/mol. The van der Waals surface area contributed by atoms with Crippen LogP contribution in [0.3, 0.4) is 0 Å². The summed E-state index contributed by atoms with van der Waals surface area (Å²) in [5, 5.41) is 0. The Bertz CT molecular complexity index is 416. The Morgan fingerprint density at radius 1 is 1.25 bits per heavy atom. The van der Waals surface area contributed by atoms with Gasteiger partial charge in [-0.15, -0.1) is 0 Å². The van der Waals surface area contributed by atoms with Crippen LogP contribution in [0.1, 0.15) is 63.0 Å². The largest absolute Gasteiger partial charge is 0.378 e. The fraction of sp³-hybridized carbons (Fsp3) is 0.611. The van der Waals surface area contributed by atoms with Crippen molar-refractivity contribution < 1.29 is 9.53 Å². The lowest BCUT2D eigenvalue weighted by atomic mass is 9.88. The van der Waals surface area contributed by atoms with Gasteiger partial charge in [-0.3, -0.25) is 4.79 Å². The molecule has 0 aliphatic carbocycles. The highest BCUT2D eigenvalue weighted by molar-refractivity contribution is 5.86. The Morgan fingerprint density at radius 2 is 2.00 bits per heavy atom. The Kier molecular flexibility index (Phi) is 5.78. The molecule has 2 atom stereocenters. The number of carbonyl (C=O) groups excluding carboxylic acids is 1. The number of hydrogen-bond acceptors (Lipinski definition) is 2. The topological polar surface area (TPSA) is 26.3 Å². The van der Waals surface area contributed by atoms with Crippen LogP contribution < -0.4 is 0 Å². The van der Waals surface area contributed by atoms with E-state index in [1.165, 1.54) is 12.0 Å². The van der Waals surface area contributed by atoms with E-state index in [2.05, 4.69) is 38.1 Å². The molecule has 0 spiro atoms. The zero-order valence-electron chi connectivity index (χ0n) is 12.7. The molecule has 1 heterocycles. The molecule has 0 N–H and O–H groups in total. The van der Waals surface area contributed by atoms with Crippen LogP contribution in [0.15, 0.2) is 24.3 Å². The van der Waals surface area contributed by atoms with Crippen LogP contribution in [0, 0.1) is 0 Å². The summed E-state index contributed by atoms with van der Waals surface area (Å²) in [5.41, 5.74) is 2.48. The molecule has 1 aromatic rings. The molecule has 2 nitrogen and oxygen atoms in total. The van der Waals surface area contributed by atoms with Gasteiger partial charge in [-0.05, 0) is 43.2 Å². The number of ketones is 1. The average Bonchev–Trinajstić information content (AvgIpc) is 2.49. The van der Waals surface area contributed by atoms with Crippen molar-refractivity contribution in [2.24, 2.45) is 0 Å². The zero-order chi connectivity index (χ0) is 14.4. The Labute approximate surface area is 122 Å². The van der Waals surface area contributed by atoms with Crippen LogP contribution in [-0.4, -0.2) is 18.5 Å². The molecule has 2 heteroatoms. The van der Waals surface area contributed by atoms with Crippen molar-refractivity contribution in [3.05, 3.63) is 35.4 Å². The van der Waals surface area contributed by atoms with E-state index in [0.717, 1.165) is 37.9 Å². The van der Waals surface area contributed by atoms with Gasteiger partial charge in [0.15, 0.2) is 0 Å². The highest BCUT2D eigenvalue weighted by atomic mass is 16.5. The van der Waals surface area contributed by atoms with Crippen LogP contribution in [0.4, 0.5) is 0 Å². The van der Waals surface area contributed by atoms with E-state index in [0.29, 0.717) is 12.2 Å². The molecule has 0 radical (unpaired) electrons. The molecule has 0 amide bonds. The first-order valence-electron chi connectivity index (χ1n) is 7.97. The van der Waals surface area contributed by atoms with Gasteiger partial charge in [-0.25, -0.2) is 0 Å². The summed E-state index contributed by atoms with van der Waals surface area (Å²) in [6.07, 6.45) is 6.02. The van der Waals surface area contributed by atoms with Crippen molar-refractivity contribution in [1.82, 2.24) is 0 Å². The van der Waals surface area contributed by atoms with E-state index >= 15 is 0 Å². The van der Waals surface area contributed by atoms with Gasteiger partial charge in [0.25, 0.3) is 0 Å². The van der Waals surface area contributed by atoms with Crippen LogP contribution in [0.2, 0.25) is 0 Å². The second-order valence-corrected chi connectivity index (χ2v) is 5.71. The fourth-order valence-electron chi connectivity index (χ4n) is 2.97. The molecular weight excluding hydrogens is 248 g/mol. The molecular formula is C18H26O2. The molecule has 1 aliphatic heterocycles. The van der Waals surface area contributed by atoms with Crippen molar-refractivity contribution in [2.75, 3.05) is 6.61 Å². The van der Waals surface area contributed by atoms with Crippen LogP contribution in [0.5, 0.6) is 0 Å². The third-order valence-electron chi connectivity index (χ3n) is 4.29. The minimum atomic E-state index is 0.0337. The lowest BCUT2D eigenvalue weighted by Gasteiger charge is -2.24. The number of carbonyl (C=O) groups is 1. The fourth-order valence-corrected chi connectivity index (χ4v) is 2.97. The summed E-state index contributed by atoms with van der Waals surface area (Å²) < 4.78 is 5.69. The molecule has 0 saturated carbocycles. The van der Waals surface area contributed by atoms with Gasteiger partial charge in [0.1, 0.15) is 5.78 Å². The van der Waals surface area contributed by atoms with E-state index in [9.17, 15) is 4.79 Å². The average molecular weight is 274 g/mol. The lowest BCUT2D eigenvalue weighted by Crippen LogP contribution is -2.25. The SMILES string of the molecule is CCc1ccc(C(CC)C(=O)CC2CCCCO2)cc1. The smallest absolute Gasteiger partial charge is 0.142 e. The zero-order valence-corrected chi connectivity index (χ0v) is 12.7. The number of aryl methyl sites for hydroxylation is 1.